The Labute approximate surface area is 197 Å². The van der Waals surface area contributed by atoms with Gasteiger partial charge in [-0.1, -0.05) is 12.1 Å². The van der Waals surface area contributed by atoms with Crippen molar-refractivity contribution in [3.63, 3.8) is 0 Å². The van der Waals surface area contributed by atoms with Crippen molar-refractivity contribution in [2.45, 2.75) is 26.8 Å². The largest absolute Gasteiger partial charge is 0.497 e. The van der Waals surface area contributed by atoms with Gasteiger partial charge in [-0.3, -0.25) is 4.79 Å². The predicted octanol–water partition coefficient (Wildman–Crippen LogP) is 4.79. The number of carbonyl (C=O) groups is 2. The summed E-state index contributed by atoms with van der Waals surface area (Å²) in [5.41, 5.74) is 9.43. The number of benzene rings is 2. The molecule has 0 radical (unpaired) electrons. The van der Waals surface area contributed by atoms with Crippen molar-refractivity contribution >= 4 is 40.0 Å². The second-order valence-corrected chi connectivity index (χ2v) is 8.17. The van der Waals surface area contributed by atoms with E-state index in [4.69, 9.17) is 10.5 Å². The van der Waals surface area contributed by atoms with Gasteiger partial charge in [0.2, 0.25) is 0 Å². The second kappa shape index (κ2) is 9.22. The maximum absolute atomic E-state index is 13.6. The summed E-state index contributed by atoms with van der Waals surface area (Å²) in [6.07, 6.45) is 3.15. The van der Waals surface area contributed by atoms with Crippen LogP contribution < -0.4 is 21.1 Å². The number of hydrogen-bond acceptors (Lipinski definition) is 6. The van der Waals surface area contributed by atoms with Crippen LogP contribution in [0.3, 0.4) is 0 Å². The number of nitrogen functional groups attached to an aromatic ring is 1. The number of hydrogen-bond donors (Lipinski definition) is 3. The predicted molar refractivity (Wildman–Crippen MR) is 133 cm³/mol. The van der Waals surface area contributed by atoms with Crippen molar-refractivity contribution < 1.29 is 14.3 Å². The van der Waals surface area contributed by atoms with E-state index in [0.717, 1.165) is 5.56 Å². The number of nitrogens with zero attached hydrogens (tertiary/aromatic N) is 3. The molecule has 9 heteroatoms. The quantitative estimate of drug-likeness (QED) is 0.357. The molecule has 0 bridgehead atoms. The van der Waals surface area contributed by atoms with Crippen molar-refractivity contribution in [3.05, 3.63) is 71.7 Å². The molecule has 0 spiro atoms. The van der Waals surface area contributed by atoms with E-state index in [1.807, 2.05) is 25.3 Å². The minimum Gasteiger partial charge on any atom is -0.497 e. The molecule has 174 valence electrons. The molecule has 4 N–H and O–H groups in total. The first-order valence-corrected chi connectivity index (χ1v) is 10.8. The Morgan fingerprint density at radius 3 is 2.47 bits per heavy atom. The van der Waals surface area contributed by atoms with E-state index in [-0.39, 0.29) is 17.6 Å². The normalized spacial score (nSPS) is 11.0. The molecule has 2 amide bonds. The summed E-state index contributed by atoms with van der Waals surface area (Å²) in [7, 11) is 1.56. The third-order valence-corrected chi connectivity index (χ3v) is 5.51. The highest BCUT2D eigenvalue weighted by atomic mass is 16.5. The molecule has 0 aliphatic heterocycles. The number of amides is 2. The fourth-order valence-electron chi connectivity index (χ4n) is 3.76. The standard InChI is InChI=1S/C25H26N6O3/c1-14(2)31-12-20(21-23(26)27-13-28-24(21)31)22(32)19-11-17(9-8-15(19)3)30-25(33)29-16-6-5-7-18(10-16)34-4/h5-14H,1-4H3,(H2,26,27,28)(H2,29,30,33). The van der Waals surface area contributed by atoms with Crippen LogP contribution in [0, 0.1) is 6.92 Å². The van der Waals surface area contributed by atoms with Crippen LogP contribution >= 0.6 is 0 Å². The molecule has 9 nitrogen and oxygen atoms in total. The van der Waals surface area contributed by atoms with E-state index in [9.17, 15) is 9.59 Å². The average Bonchev–Trinajstić information content (AvgIpc) is 3.21. The molecule has 4 aromatic rings. The van der Waals surface area contributed by atoms with Gasteiger partial charge in [0.25, 0.3) is 0 Å². The van der Waals surface area contributed by atoms with E-state index in [0.29, 0.717) is 39.3 Å². The van der Waals surface area contributed by atoms with Crippen molar-refractivity contribution in [1.82, 2.24) is 14.5 Å². The van der Waals surface area contributed by atoms with Gasteiger partial charge in [0.05, 0.1) is 18.1 Å². The number of ether oxygens (including phenoxy) is 1. The van der Waals surface area contributed by atoms with Gasteiger partial charge >= 0.3 is 6.03 Å². The first-order valence-electron chi connectivity index (χ1n) is 10.8. The summed E-state index contributed by atoms with van der Waals surface area (Å²) >= 11 is 0. The molecule has 2 aromatic heterocycles. The van der Waals surface area contributed by atoms with Crippen LogP contribution in [0.15, 0.2) is 55.0 Å². The molecular weight excluding hydrogens is 432 g/mol. The molecule has 4 rings (SSSR count). The van der Waals surface area contributed by atoms with Gasteiger partial charge in [0.1, 0.15) is 23.5 Å². The fourth-order valence-corrected chi connectivity index (χ4v) is 3.76. The van der Waals surface area contributed by atoms with Crippen LogP contribution in [0.5, 0.6) is 5.75 Å². The molecule has 2 heterocycles. The lowest BCUT2D eigenvalue weighted by Gasteiger charge is -2.11. The number of rotatable bonds is 6. The maximum Gasteiger partial charge on any atom is 0.323 e. The minimum absolute atomic E-state index is 0.0766. The fraction of sp³-hybridized carbons (Fsp3) is 0.200. The van der Waals surface area contributed by atoms with E-state index in [2.05, 4.69) is 20.6 Å². The molecule has 34 heavy (non-hydrogen) atoms. The van der Waals surface area contributed by atoms with Gasteiger partial charge < -0.3 is 25.7 Å². The smallest absolute Gasteiger partial charge is 0.323 e. The number of nitrogens with two attached hydrogens (primary N) is 1. The third kappa shape index (κ3) is 4.40. The number of urea groups is 1. The summed E-state index contributed by atoms with van der Waals surface area (Å²) < 4.78 is 7.08. The zero-order chi connectivity index (χ0) is 24.4. The molecule has 0 saturated heterocycles. The Morgan fingerprint density at radius 1 is 1.03 bits per heavy atom. The highest BCUT2D eigenvalue weighted by Crippen LogP contribution is 2.30. The lowest BCUT2D eigenvalue weighted by molar-refractivity contribution is 0.103. The maximum atomic E-state index is 13.6. The van der Waals surface area contributed by atoms with Crippen LogP contribution in [0.25, 0.3) is 11.0 Å². The van der Waals surface area contributed by atoms with E-state index in [1.165, 1.54) is 6.33 Å². The van der Waals surface area contributed by atoms with Crippen molar-refractivity contribution in [1.29, 1.82) is 0 Å². The highest BCUT2D eigenvalue weighted by Gasteiger charge is 2.22. The average molecular weight is 459 g/mol. The van der Waals surface area contributed by atoms with Gasteiger partial charge in [-0.25, -0.2) is 14.8 Å². The van der Waals surface area contributed by atoms with Crippen molar-refractivity contribution in [3.8, 4) is 5.75 Å². The van der Waals surface area contributed by atoms with Gasteiger partial charge in [0.15, 0.2) is 5.78 Å². The van der Waals surface area contributed by atoms with Crippen molar-refractivity contribution in [2.24, 2.45) is 0 Å². The van der Waals surface area contributed by atoms with Crippen LogP contribution in [-0.2, 0) is 0 Å². The first kappa shape index (κ1) is 22.8. The number of aromatic nitrogens is 3. The summed E-state index contributed by atoms with van der Waals surface area (Å²) in [6, 6.07) is 11.8. The summed E-state index contributed by atoms with van der Waals surface area (Å²) in [6.45, 7) is 5.85. The number of aryl methyl sites for hydroxylation is 1. The number of carbonyl (C=O) groups excluding carboxylic acids is 2. The molecule has 0 aliphatic rings. The van der Waals surface area contributed by atoms with Crippen molar-refractivity contribution in [2.75, 3.05) is 23.5 Å². The van der Waals surface area contributed by atoms with E-state index < -0.39 is 6.03 Å². The summed E-state index contributed by atoms with van der Waals surface area (Å²) in [5, 5.41) is 6.06. The molecule has 0 atom stereocenters. The number of anilines is 3. The van der Waals surface area contributed by atoms with Gasteiger partial charge in [-0.2, -0.15) is 0 Å². The Balaban J connectivity index is 1.64. The Hall–Kier alpha value is -4.40. The van der Waals surface area contributed by atoms with Gasteiger partial charge in [0, 0.05) is 35.2 Å². The Morgan fingerprint density at radius 2 is 1.76 bits per heavy atom. The lowest BCUT2D eigenvalue weighted by Crippen LogP contribution is -2.19. The van der Waals surface area contributed by atoms with Gasteiger partial charge in [-0.05, 0) is 50.6 Å². The molecule has 0 fully saturated rings. The van der Waals surface area contributed by atoms with Gasteiger partial charge in [-0.15, -0.1) is 0 Å². The number of fused-ring (bicyclic) bond motifs is 1. The summed E-state index contributed by atoms with van der Waals surface area (Å²) in [5.74, 6) is 0.655. The number of methoxy groups -OCH3 is 1. The third-order valence-electron chi connectivity index (χ3n) is 5.51. The number of nitrogens with one attached hydrogen (secondary N) is 2. The van der Waals surface area contributed by atoms with Crippen LogP contribution in [0.4, 0.5) is 22.0 Å². The topological polar surface area (TPSA) is 124 Å². The molecule has 0 aliphatic carbocycles. The van der Waals surface area contributed by atoms with E-state index in [1.54, 1.807) is 55.8 Å². The van der Waals surface area contributed by atoms with E-state index >= 15 is 0 Å². The SMILES string of the molecule is COc1cccc(NC(=O)Nc2ccc(C)c(C(=O)c3cn(C(C)C)c4ncnc(N)c34)c2)c1. The zero-order valence-electron chi connectivity index (χ0n) is 19.4. The lowest BCUT2D eigenvalue weighted by atomic mass is 9.98. The Bertz CT molecular complexity index is 1390. The number of ketones is 1. The van der Waals surface area contributed by atoms with Crippen LogP contribution in [0.1, 0.15) is 41.4 Å². The monoisotopic (exact) mass is 458 g/mol. The summed E-state index contributed by atoms with van der Waals surface area (Å²) in [4.78, 5) is 34.5. The molecule has 2 aromatic carbocycles. The first-order chi connectivity index (χ1) is 16.3. The molecule has 0 unspecified atom stereocenters. The van der Waals surface area contributed by atoms with Crippen LogP contribution in [-0.4, -0.2) is 33.5 Å². The van der Waals surface area contributed by atoms with Crippen LogP contribution in [0.2, 0.25) is 0 Å². The molecular formula is C25H26N6O3. The zero-order valence-corrected chi connectivity index (χ0v) is 19.4. The minimum atomic E-state index is -0.440. The second-order valence-electron chi connectivity index (χ2n) is 8.17. The Kier molecular flexibility index (Phi) is 6.18. The molecule has 0 saturated carbocycles. The highest BCUT2D eigenvalue weighted by molar-refractivity contribution is 6.19.